The zero-order chi connectivity index (χ0) is 20.3. The molecule has 0 unspecified atom stereocenters. The number of amides is 1. The Morgan fingerprint density at radius 2 is 1.77 bits per heavy atom. The summed E-state index contributed by atoms with van der Waals surface area (Å²) in [6.45, 7) is 1.26. The highest BCUT2D eigenvalue weighted by molar-refractivity contribution is 5.89. The molecule has 6 nitrogen and oxygen atoms in total. The molecule has 0 bridgehead atoms. The third-order valence-corrected chi connectivity index (χ3v) is 5.43. The lowest BCUT2D eigenvalue weighted by Gasteiger charge is -2.31. The molecule has 158 valence electrons. The van der Waals surface area contributed by atoms with Crippen molar-refractivity contribution >= 4 is 29.2 Å². The summed E-state index contributed by atoms with van der Waals surface area (Å²) in [6.07, 6.45) is 6.46. The monoisotopic (exact) mass is 435 g/mol. The van der Waals surface area contributed by atoms with Crippen LogP contribution < -0.4 is 4.74 Å². The van der Waals surface area contributed by atoms with Crippen molar-refractivity contribution in [2.45, 2.75) is 18.9 Å². The molecule has 3 heterocycles. The first kappa shape index (κ1) is 20.9. The molecular weight excluding hydrogens is 414 g/mol. The fourth-order valence-electron chi connectivity index (χ4n) is 3.79. The molecule has 5 rings (SSSR count). The van der Waals surface area contributed by atoms with Gasteiger partial charge in [0, 0.05) is 43.1 Å². The average molecular weight is 436 g/mol. The lowest BCUT2D eigenvalue weighted by Crippen LogP contribution is -2.41. The van der Waals surface area contributed by atoms with E-state index in [9.17, 15) is 4.79 Å². The molecule has 4 aromatic rings. The normalized spacial score (nSPS) is 14.3. The van der Waals surface area contributed by atoms with Gasteiger partial charge in [-0.15, -0.1) is 12.4 Å². The van der Waals surface area contributed by atoms with E-state index in [1.54, 1.807) is 4.90 Å². The number of nitrogens with zero attached hydrogens (tertiary/aromatic N) is 3. The zero-order valence-corrected chi connectivity index (χ0v) is 17.6. The SMILES string of the molecule is Cl.O=C(c1ncco1)N1CCC(Oc2ccc(-c3cnc4ccccc4c3)cc2)CC1. The summed E-state index contributed by atoms with van der Waals surface area (Å²) in [7, 11) is 0. The summed E-state index contributed by atoms with van der Waals surface area (Å²) < 4.78 is 11.2. The van der Waals surface area contributed by atoms with Gasteiger partial charge in [0.05, 0.1) is 11.7 Å². The molecule has 1 aliphatic heterocycles. The average Bonchev–Trinajstić information content (AvgIpc) is 3.34. The summed E-state index contributed by atoms with van der Waals surface area (Å²) in [4.78, 5) is 22.5. The van der Waals surface area contributed by atoms with Crippen molar-refractivity contribution in [2.75, 3.05) is 13.1 Å². The van der Waals surface area contributed by atoms with E-state index < -0.39 is 0 Å². The van der Waals surface area contributed by atoms with Gasteiger partial charge < -0.3 is 14.1 Å². The number of pyridine rings is 1. The number of rotatable bonds is 4. The Balaban J connectivity index is 0.00000231. The lowest BCUT2D eigenvalue weighted by molar-refractivity contribution is 0.0559. The van der Waals surface area contributed by atoms with Crippen LogP contribution in [0.15, 0.2) is 77.7 Å². The molecule has 0 radical (unpaired) electrons. The Kier molecular flexibility index (Phi) is 6.18. The number of halogens is 1. The number of hydrogen-bond acceptors (Lipinski definition) is 5. The quantitative estimate of drug-likeness (QED) is 0.451. The standard InChI is InChI=1S/C24H21N3O3.ClH/c28-24(23-25-11-14-29-23)27-12-9-21(10-13-27)30-20-7-5-17(6-8-20)19-15-18-3-1-2-4-22(18)26-16-19;/h1-8,11,14-16,21H,9-10,12-13H2;1H. The third kappa shape index (κ3) is 4.54. The maximum atomic E-state index is 12.3. The van der Waals surface area contributed by atoms with Crippen LogP contribution in [0, 0.1) is 0 Å². The van der Waals surface area contributed by atoms with E-state index in [4.69, 9.17) is 9.15 Å². The number of para-hydroxylation sites is 1. The second kappa shape index (κ2) is 9.18. The molecule has 0 spiro atoms. The summed E-state index contributed by atoms with van der Waals surface area (Å²) in [5.41, 5.74) is 3.18. The Bertz CT molecular complexity index is 1150. The van der Waals surface area contributed by atoms with Crippen LogP contribution in [-0.4, -0.2) is 40.0 Å². The van der Waals surface area contributed by atoms with Gasteiger partial charge in [-0.1, -0.05) is 30.3 Å². The van der Waals surface area contributed by atoms with E-state index in [0.717, 1.165) is 40.6 Å². The van der Waals surface area contributed by atoms with Crippen LogP contribution in [0.25, 0.3) is 22.0 Å². The summed E-state index contributed by atoms with van der Waals surface area (Å²) in [5.74, 6) is 0.824. The van der Waals surface area contributed by atoms with Gasteiger partial charge in [0.1, 0.15) is 18.1 Å². The highest BCUT2D eigenvalue weighted by Crippen LogP contribution is 2.26. The molecule has 1 amide bonds. The third-order valence-electron chi connectivity index (χ3n) is 5.43. The van der Waals surface area contributed by atoms with Gasteiger partial charge in [0.25, 0.3) is 5.89 Å². The van der Waals surface area contributed by atoms with Gasteiger partial charge in [-0.05, 0) is 29.8 Å². The van der Waals surface area contributed by atoms with Crippen molar-refractivity contribution in [2.24, 2.45) is 0 Å². The molecule has 7 heteroatoms. The summed E-state index contributed by atoms with van der Waals surface area (Å²) >= 11 is 0. The number of aromatic nitrogens is 2. The number of fused-ring (bicyclic) bond motifs is 1. The number of carbonyl (C=O) groups is 1. The molecule has 1 aliphatic rings. The highest BCUT2D eigenvalue weighted by Gasteiger charge is 2.26. The van der Waals surface area contributed by atoms with E-state index >= 15 is 0 Å². The molecule has 31 heavy (non-hydrogen) atoms. The van der Waals surface area contributed by atoms with Gasteiger partial charge in [0.2, 0.25) is 0 Å². The molecule has 0 atom stereocenters. The van der Waals surface area contributed by atoms with Crippen molar-refractivity contribution in [3.05, 3.63) is 79.1 Å². The Labute approximate surface area is 186 Å². The second-order valence-electron chi connectivity index (χ2n) is 7.39. The topological polar surface area (TPSA) is 68.5 Å². The first-order valence-corrected chi connectivity index (χ1v) is 10.1. The van der Waals surface area contributed by atoms with Crippen molar-refractivity contribution in [3.63, 3.8) is 0 Å². The molecule has 1 fully saturated rings. The Hall–Kier alpha value is -3.38. The van der Waals surface area contributed by atoms with E-state index in [1.165, 1.54) is 12.5 Å². The molecule has 0 saturated carbocycles. The summed E-state index contributed by atoms with van der Waals surface area (Å²) in [6, 6.07) is 18.4. The zero-order valence-electron chi connectivity index (χ0n) is 16.8. The molecular formula is C24H22ClN3O3. The number of oxazole rings is 1. The van der Waals surface area contributed by atoms with Gasteiger partial charge in [-0.25, -0.2) is 4.98 Å². The first-order chi connectivity index (χ1) is 14.8. The van der Waals surface area contributed by atoms with Crippen molar-refractivity contribution in [1.29, 1.82) is 0 Å². The smallest absolute Gasteiger partial charge is 0.309 e. The predicted octanol–water partition coefficient (Wildman–Crippen LogP) is 5.00. The molecule has 0 aliphatic carbocycles. The number of hydrogen-bond donors (Lipinski definition) is 0. The van der Waals surface area contributed by atoms with E-state index in [0.29, 0.717) is 13.1 Å². The molecule has 2 aromatic carbocycles. The van der Waals surface area contributed by atoms with E-state index in [2.05, 4.69) is 34.2 Å². The highest BCUT2D eigenvalue weighted by atomic mass is 35.5. The second-order valence-corrected chi connectivity index (χ2v) is 7.39. The van der Waals surface area contributed by atoms with Crippen molar-refractivity contribution < 1.29 is 13.9 Å². The minimum absolute atomic E-state index is 0. The number of benzene rings is 2. The van der Waals surface area contributed by atoms with Crippen molar-refractivity contribution in [1.82, 2.24) is 14.9 Å². The van der Waals surface area contributed by atoms with Crippen LogP contribution in [0.4, 0.5) is 0 Å². The van der Waals surface area contributed by atoms with E-state index in [-0.39, 0.29) is 30.3 Å². The number of likely N-dealkylation sites (tertiary alicyclic amines) is 1. The van der Waals surface area contributed by atoms with Crippen molar-refractivity contribution in [3.8, 4) is 16.9 Å². The number of ether oxygens (including phenoxy) is 1. The largest absolute Gasteiger partial charge is 0.490 e. The van der Waals surface area contributed by atoms with Gasteiger partial charge >= 0.3 is 5.91 Å². The molecule has 2 aromatic heterocycles. The van der Waals surface area contributed by atoms with Crippen LogP contribution in [-0.2, 0) is 0 Å². The first-order valence-electron chi connectivity index (χ1n) is 10.1. The van der Waals surface area contributed by atoms with Crippen LogP contribution >= 0.6 is 12.4 Å². The van der Waals surface area contributed by atoms with Crippen LogP contribution in [0.1, 0.15) is 23.5 Å². The number of carbonyl (C=O) groups excluding carboxylic acids is 1. The molecule has 1 saturated heterocycles. The minimum atomic E-state index is -0.160. The van der Waals surface area contributed by atoms with Crippen LogP contribution in [0.5, 0.6) is 5.75 Å². The fourth-order valence-corrected chi connectivity index (χ4v) is 3.79. The lowest BCUT2D eigenvalue weighted by atomic mass is 10.0. The maximum Gasteiger partial charge on any atom is 0.309 e. The predicted molar refractivity (Wildman–Crippen MR) is 120 cm³/mol. The Morgan fingerprint density at radius 1 is 1.00 bits per heavy atom. The van der Waals surface area contributed by atoms with E-state index in [1.807, 2.05) is 36.5 Å². The van der Waals surface area contributed by atoms with Crippen LogP contribution in [0.3, 0.4) is 0 Å². The molecule has 0 N–H and O–H groups in total. The Morgan fingerprint density at radius 3 is 2.52 bits per heavy atom. The summed E-state index contributed by atoms with van der Waals surface area (Å²) in [5, 5.41) is 1.13. The minimum Gasteiger partial charge on any atom is -0.490 e. The maximum absolute atomic E-state index is 12.3. The van der Waals surface area contributed by atoms with Gasteiger partial charge in [0.15, 0.2) is 0 Å². The van der Waals surface area contributed by atoms with Gasteiger partial charge in [-0.2, -0.15) is 0 Å². The number of piperidine rings is 1. The van der Waals surface area contributed by atoms with Gasteiger partial charge in [-0.3, -0.25) is 9.78 Å². The van der Waals surface area contributed by atoms with Crippen LogP contribution in [0.2, 0.25) is 0 Å². The fraction of sp³-hybridized carbons (Fsp3) is 0.208.